The zero-order valence-electron chi connectivity index (χ0n) is 9.47. The van der Waals surface area contributed by atoms with E-state index in [2.05, 4.69) is 10.3 Å². The molecule has 1 atom stereocenters. The molecule has 1 saturated heterocycles. The zero-order chi connectivity index (χ0) is 12.4. The molecular weight excluding hydrogens is 224 g/mol. The molecule has 1 aromatic rings. The summed E-state index contributed by atoms with van der Waals surface area (Å²) >= 11 is 0. The fraction of sp³-hybridized carbons (Fsp3) is 0.500. The summed E-state index contributed by atoms with van der Waals surface area (Å²) in [5.74, 6) is -0.344. The van der Waals surface area contributed by atoms with Crippen molar-refractivity contribution < 1.29 is 9.72 Å². The highest BCUT2D eigenvalue weighted by Crippen LogP contribution is 2.14. The van der Waals surface area contributed by atoms with Gasteiger partial charge in [-0.2, -0.15) is 0 Å². The maximum Gasteiger partial charge on any atom is 0.321 e. The van der Waals surface area contributed by atoms with Crippen LogP contribution < -0.4 is 5.32 Å². The molecule has 7 heteroatoms. The summed E-state index contributed by atoms with van der Waals surface area (Å²) in [6, 6.07) is 2.86. The van der Waals surface area contributed by atoms with Gasteiger partial charge in [-0.15, -0.1) is 0 Å². The minimum atomic E-state index is -0.544. The number of aromatic nitrogens is 1. The van der Waals surface area contributed by atoms with E-state index in [1.807, 2.05) is 6.92 Å². The Morgan fingerprint density at radius 3 is 2.94 bits per heavy atom. The molecule has 17 heavy (non-hydrogen) atoms. The molecule has 0 bridgehead atoms. The molecule has 92 valence electrons. The quantitative estimate of drug-likeness (QED) is 0.574. The van der Waals surface area contributed by atoms with Gasteiger partial charge in [-0.25, -0.2) is 4.98 Å². The average Bonchev–Trinajstić information content (AvgIpc) is 2.78. The van der Waals surface area contributed by atoms with E-state index < -0.39 is 4.92 Å². The topological polar surface area (TPSA) is 91.3 Å². The highest BCUT2D eigenvalue weighted by molar-refractivity contribution is 5.93. The minimum Gasteiger partial charge on any atom is -0.358 e. The van der Waals surface area contributed by atoms with E-state index in [0.29, 0.717) is 6.54 Å². The first-order chi connectivity index (χ1) is 8.09. The molecule has 0 spiro atoms. The van der Waals surface area contributed by atoms with Gasteiger partial charge in [0.2, 0.25) is 0 Å². The summed E-state index contributed by atoms with van der Waals surface area (Å²) in [7, 11) is 0. The van der Waals surface area contributed by atoms with Gasteiger partial charge >= 0.3 is 5.82 Å². The number of rotatable bonds is 2. The molecule has 0 aliphatic carbocycles. The summed E-state index contributed by atoms with van der Waals surface area (Å²) in [6.45, 7) is 4.06. The summed E-state index contributed by atoms with van der Waals surface area (Å²) in [5, 5.41) is 13.7. The number of carbonyl (C=O) groups excluding carboxylic acids is 1. The SMILES string of the molecule is C[C@H]1CNCCN1C(=O)c1ccc([N+](=O)[O-])[nH]1. The molecule has 0 unspecified atom stereocenters. The van der Waals surface area contributed by atoms with Crippen LogP contribution in [0, 0.1) is 10.1 Å². The standard InChI is InChI=1S/C10H14N4O3/c1-7-6-11-4-5-13(7)10(15)8-2-3-9(12-8)14(16)17/h2-3,7,11-12H,4-6H2,1H3/t7-/m0/s1. The molecule has 1 aliphatic rings. The lowest BCUT2D eigenvalue weighted by molar-refractivity contribution is -0.389. The van der Waals surface area contributed by atoms with Gasteiger partial charge in [-0.1, -0.05) is 0 Å². The normalized spacial score (nSPS) is 20.3. The Bertz CT molecular complexity index is 443. The molecule has 2 N–H and O–H groups in total. The number of H-pyrrole nitrogens is 1. The number of carbonyl (C=O) groups is 1. The van der Waals surface area contributed by atoms with Gasteiger partial charge in [0.1, 0.15) is 0 Å². The lowest BCUT2D eigenvalue weighted by Gasteiger charge is -2.33. The molecule has 1 aromatic heterocycles. The van der Waals surface area contributed by atoms with Gasteiger partial charge < -0.3 is 20.3 Å². The monoisotopic (exact) mass is 238 g/mol. The van der Waals surface area contributed by atoms with E-state index in [4.69, 9.17) is 0 Å². The summed E-state index contributed by atoms with van der Waals surface area (Å²) in [6.07, 6.45) is 0. The van der Waals surface area contributed by atoms with Crippen LogP contribution in [0.25, 0.3) is 0 Å². The van der Waals surface area contributed by atoms with Crippen molar-refractivity contribution in [2.75, 3.05) is 19.6 Å². The van der Waals surface area contributed by atoms with Gasteiger partial charge in [-0.05, 0) is 17.9 Å². The van der Waals surface area contributed by atoms with Crippen molar-refractivity contribution in [1.29, 1.82) is 0 Å². The Labute approximate surface area is 97.9 Å². The molecule has 0 saturated carbocycles. The van der Waals surface area contributed by atoms with Gasteiger partial charge in [0.15, 0.2) is 5.69 Å². The van der Waals surface area contributed by atoms with E-state index in [1.54, 1.807) is 4.90 Å². The second-order valence-electron chi connectivity index (χ2n) is 4.07. The lowest BCUT2D eigenvalue weighted by Crippen LogP contribution is -2.52. The van der Waals surface area contributed by atoms with Crippen LogP contribution in [0.4, 0.5) is 5.82 Å². The Hall–Kier alpha value is -1.89. The van der Waals surface area contributed by atoms with Gasteiger partial charge in [0, 0.05) is 31.7 Å². The van der Waals surface area contributed by atoms with Gasteiger partial charge in [0.05, 0.1) is 0 Å². The van der Waals surface area contributed by atoms with Crippen LogP contribution in [0.1, 0.15) is 17.4 Å². The molecule has 1 aliphatic heterocycles. The molecule has 7 nitrogen and oxygen atoms in total. The molecular formula is C10H14N4O3. The number of nitrogens with one attached hydrogen (secondary N) is 2. The van der Waals surface area contributed by atoms with Gasteiger partial charge in [0.25, 0.3) is 5.91 Å². The second-order valence-corrected chi connectivity index (χ2v) is 4.07. The summed E-state index contributed by atoms with van der Waals surface area (Å²) < 4.78 is 0. The summed E-state index contributed by atoms with van der Waals surface area (Å²) in [5.41, 5.74) is 0.269. The molecule has 1 amide bonds. The second kappa shape index (κ2) is 4.54. The first kappa shape index (κ1) is 11.6. The number of nitrogens with zero attached hydrogens (tertiary/aromatic N) is 2. The van der Waals surface area contributed by atoms with E-state index in [-0.39, 0.29) is 23.5 Å². The van der Waals surface area contributed by atoms with Crippen LogP contribution in [0.5, 0.6) is 0 Å². The van der Waals surface area contributed by atoms with E-state index in [0.717, 1.165) is 13.1 Å². The number of hydrogen-bond donors (Lipinski definition) is 2. The Morgan fingerprint density at radius 2 is 2.35 bits per heavy atom. The number of aromatic amines is 1. The van der Waals surface area contributed by atoms with Gasteiger partial charge in [-0.3, -0.25) is 4.79 Å². The highest BCUT2D eigenvalue weighted by atomic mass is 16.6. The van der Waals surface area contributed by atoms with Crippen molar-refractivity contribution >= 4 is 11.7 Å². The maximum atomic E-state index is 12.1. The van der Waals surface area contributed by atoms with Crippen LogP contribution in [-0.4, -0.2) is 46.4 Å². The molecule has 2 heterocycles. The molecule has 0 radical (unpaired) electrons. The maximum absolute atomic E-state index is 12.1. The van der Waals surface area contributed by atoms with Crippen LogP contribution in [0.2, 0.25) is 0 Å². The van der Waals surface area contributed by atoms with Crippen LogP contribution >= 0.6 is 0 Å². The van der Waals surface area contributed by atoms with E-state index in [9.17, 15) is 14.9 Å². The van der Waals surface area contributed by atoms with Crippen molar-refractivity contribution in [2.24, 2.45) is 0 Å². The van der Waals surface area contributed by atoms with E-state index in [1.165, 1.54) is 12.1 Å². The first-order valence-electron chi connectivity index (χ1n) is 5.44. The Morgan fingerprint density at radius 1 is 1.59 bits per heavy atom. The third-order valence-electron chi connectivity index (χ3n) is 2.86. The van der Waals surface area contributed by atoms with Crippen molar-refractivity contribution in [2.45, 2.75) is 13.0 Å². The van der Waals surface area contributed by atoms with Crippen molar-refractivity contribution in [3.05, 3.63) is 27.9 Å². The first-order valence-corrected chi connectivity index (χ1v) is 5.44. The highest BCUT2D eigenvalue weighted by Gasteiger charge is 2.27. The molecule has 1 fully saturated rings. The molecule has 2 rings (SSSR count). The Balaban J connectivity index is 2.15. The fourth-order valence-corrected chi connectivity index (χ4v) is 1.91. The van der Waals surface area contributed by atoms with Crippen molar-refractivity contribution in [3.63, 3.8) is 0 Å². The number of amides is 1. The van der Waals surface area contributed by atoms with Crippen LogP contribution in [0.15, 0.2) is 12.1 Å². The van der Waals surface area contributed by atoms with E-state index >= 15 is 0 Å². The minimum absolute atomic E-state index is 0.0959. The van der Waals surface area contributed by atoms with Crippen LogP contribution in [-0.2, 0) is 0 Å². The van der Waals surface area contributed by atoms with Crippen molar-refractivity contribution in [1.82, 2.24) is 15.2 Å². The number of piperazine rings is 1. The van der Waals surface area contributed by atoms with Crippen molar-refractivity contribution in [3.8, 4) is 0 Å². The number of nitro groups is 1. The molecule has 0 aromatic carbocycles. The zero-order valence-corrected chi connectivity index (χ0v) is 9.47. The predicted molar refractivity (Wildman–Crippen MR) is 60.8 cm³/mol. The smallest absolute Gasteiger partial charge is 0.321 e. The summed E-state index contributed by atoms with van der Waals surface area (Å²) in [4.78, 5) is 26.3. The number of hydrogen-bond acceptors (Lipinski definition) is 4. The third-order valence-corrected chi connectivity index (χ3v) is 2.86. The third kappa shape index (κ3) is 2.28. The van der Waals surface area contributed by atoms with Crippen LogP contribution in [0.3, 0.4) is 0 Å². The largest absolute Gasteiger partial charge is 0.358 e. The average molecular weight is 238 g/mol. The fourth-order valence-electron chi connectivity index (χ4n) is 1.91. The predicted octanol–water partition coefficient (Wildman–Crippen LogP) is 0.357. The lowest BCUT2D eigenvalue weighted by atomic mass is 10.2. The Kier molecular flexibility index (Phi) is 3.10.